The Morgan fingerprint density at radius 1 is 1.71 bits per heavy atom. The lowest BCUT2D eigenvalue weighted by atomic mass is 10.0. The van der Waals surface area contributed by atoms with Crippen molar-refractivity contribution in [3.63, 3.8) is 0 Å². The Morgan fingerprint density at radius 2 is 2.41 bits per heavy atom. The topological polar surface area (TPSA) is 44.1 Å². The zero-order valence-corrected chi connectivity index (χ0v) is 12.3. The van der Waals surface area contributed by atoms with Crippen molar-refractivity contribution in [1.29, 1.82) is 5.26 Å². The van der Waals surface area contributed by atoms with Gasteiger partial charge in [-0.2, -0.15) is 5.26 Å². The number of nitriles is 1. The first-order valence-electron chi connectivity index (χ1n) is 5.46. The highest BCUT2D eigenvalue weighted by Gasteiger charge is 2.20. The molecule has 1 unspecified atom stereocenters. The molecule has 0 N–H and O–H groups in total. The van der Waals surface area contributed by atoms with Crippen LogP contribution in [-0.2, 0) is 11.3 Å². The summed E-state index contributed by atoms with van der Waals surface area (Å²) in [7, 11) is 1.74. The lowest BCUT2D eigenvalue weighted by molar-refractivity contribution is -0.133. The smallest absolute Gasteiger partial charge is 0.239 e. The highest BCUT2D eigenvalue weighted by atomic mass is 79.9. The van der Waals surface area contributed by atoms with Crippen LogP contribution in [0.25, 0.3) is 0 Å². The van der Waals surface area contributed by atoms with Gasteiger partial charge in [-0.3, -0.25) is 4.79 Å². The third-order valence-corrected chi connectivity index (χ3v) is 4.00. The van der Waals surface area contributed by atoms with Gasteiger partial charge < -0.3 is 4.90 Å². The second-order valence-electron chi connectivity index (χ2n) is 3.92. The highest BCUT2D eigenvalue weighted by Crippen LogP contribution is 2.22. The summed E-state index contributed by atoms with van der Waals surface area (Å²) in [4.78, 5) is 13.6. The Morgan fingerprint density at radius 3 is 2.88 bits per heavy atom. The molecule has 1 amide bonds. The molecule has 5 heteroatoms. The van der Waals surface area contributed by atoms with Gasteiger partial charge in [0, 0.05) is 13.6 Å². The lowest BCUT2D eigenvalue weighted by Crippen LogP contribution is -2.31. The fourth-order valence-corrected chi connectivity index (χ4v) is 2.78. The molecule has 1 aromatic heterocycles. The van der Waals surface area contributed by atoms with Crippen molar-refractivity contribution in [2.24, 2.45) is 5.92 Å². The van der Waals surface area contributed by atoms with Crippen LogP contribution in [0.4, 0.5) is 0 Å². The molecule has 0 saturated heterocycles. The maximum absolute atomic E-state index is 12.0. The summed E-state index contributed by atoms with van der Waals surface area (Å²) in [6.45, 7) is 2.54. The fourth-order valence-electron chi connectivity index (χ4n) is 1.58. The maximum Gasteiger partial charge on any atom is 0.239 e. The quantitative estimate of drug-likeness (QED) is 0.836. The number of thiophene rings is 1. The van der Waals surface area contributed by atoms with E-state index in [2.05, 4.69) is 22.0 Å². The van der Waals surface area contributed by atoms with E-state index in [9.17, 15) is 4.79 Å². The van der Waals surface area contributed by atoms with Crippen LogP contribution in [0.1, 0.15) is 25.3 Å². The van der Waals surface area contributed by atoms with Gasteiger partial charge in [0.25, 0.3) is 0 Å². The number of carbonyl (C=O) groups is 1. The fraction of sp³-hybridized carbons (Fsp3) is 0.500. The van der Waals surface area contributed by atoms with E-state index in [1.165, 1.54) is 0 Å². The Labute approximate surface area is 114 Å². The first kappa shape index (κ1) is 14.2. The monoisotopic (exact) mass is 314 g/mol. The van der Waals surface area contributed by atoms with Gasteiger partial charge in [0.05, 0.1) is 9.86 Å². The third-order valence-electron chi connectivity index (χ3n) is 2.45. The molecule has 0 aliphatic rings. The Hall–Kier alpha value is -0.860. The second-order valence-corrected chi connectivity index (χ2v) is 6.21. The summed E-state index contributed by atoms with van der Waals surface area (Å²) in [6.07, 6.45) is 1.48. The van der Waals surface area contributed by atoms with Crippen molar-refractivity contribution >= 4 is 33.2 Å². The van der Waals surface area contributed by atoms with Gasteiger partial charge in [-0.05, 0) is 39.4 Å². The molecule has 0 radical (unpaired) electrons. The van der Waals surface area contributed by atoms with Crippen molar-refractivity contribution in [2.45, 2.75) is 26.3 Å². The second kappa shape index (κ2) is 6.77. The summed E-state index contributed by atoms with van der Waals surface area (Å²) in [5.74, 6) is -0.594. The number of carbonyl (C=O) groups excluding carboxylic acids is 1. The number of halogens is 1. The third kappa shape index (κ3) is 4.14. The normalized spacial score (nSPS) is 11.9. The zero-order valence-electron chi connectivity index (χ0n) is 9.94. The molecule has 1 atom stereocenters. The number of amides is 1. The molecular weight excluding hydrogens is 300 g/mol. The largest absolute Gasteiger partial charge is 0.340 e. The predicted molar refractivity (Wildman–Crippen MR) is 72.5 cm³/mol. The molecule has 17 heavy (non-hydrogen) atoms. The average molecular weight is 315 g/mol. The van der Waals surface area contributed by atoms with Gasteiger partial charge >= 0.3 is 0 Å². The van der Waals surface area contributed by atoms with Crippen LogP contribution in [0.15, 0.2) is 15.2 Å². The molecule has 0 aromatic carbocycles. The maximum atomic E-state index is 12.0. The molecule has 0 fully saturated rings. The molecule has 3 nitrogen and oxygen atoms in total. The standard InChI is InChI=1S/C12H15BrN2OS/c1-3-4-10(6-14)12(16)15(2)7-9-5-11(13)17-8-9/h5,8,10H,3-4,7H2,1-2H3. The summed E-state index contributed by atoms with van der Waals surface area (Å²) >= 11 is 4.99. The lowest BCUT2D eigenvalue weighted by Gasteiger charge is -2.19. The van der Waals surface area contributed by atoms with Crippen LogP contribution in [-0.4, -0.2) is 17.9 Å². The Bertz CT molecular complexity index is 424. The van der Waals surface area contributed by atoms with E-state index < -0.39 is 5.92 Å². The van der Waals surface area contributed by atoms with Gasteiger partial charge in [-0.25, -0.2) is 0 Å². The predicted octanol–water partition coefficient (Wildman–Crippen LogP) is 3.41. The van der Waals surface area contributed by atoms with E-state index >= 15 is 0 Å². The van der Waals surface area contributed by atoms with Crippen LogP contribution >= 0.6 is 27.3 Å². The van der Waals surface area contributed by atoms with Gasteiger partial charge in [0.15, 0.2) is 0 Å². The molecule has 92 valence electrons. The Kier molecular flexibility index (Phi) is 5.66. The first-order chi connectivity index (χ1) is 8.08. The molecule has 0 spiro atoms. The minimum Gasteiger partial charge on any atom is -0.340 e. The van der Waals surface area contributed by atoms with Gasteiger partial charge in [0.1, 0.15) is 5.92 Å². The van der Waals surface area contributed by atoms with Crippen LogP contribution in [0.5, 0.6) is 0 Å². The highest BCUT2D eigenvalue weighted by molar-refractivity contribution is 9.11. The summed E-state index contributed by atoms with van der Waals surface area (Å²) in [5.41, 5.74) is 1.09. The van der Waals surface area contributed by atoms with Crippen molar-refractivity contribution in [3.8, 4) is 6.07 Å². The van der Waals surface area contributed by atoms with E-state index in [-0.39, 0.29) is 5.91 Å². The average Bonchev–Trinajstić information content (AvgIpc) is 2.70. The van der Waals surface area contributed by atoms with E-state index in [1.54, 1.807) is 23.3 Å². The van der Waals surface area contributed by atoms with Gasteiger partial charge in [-0.15, -0.1) is 11.3 Å². The number of hydrogen-bond donors (Lipinski definition) is 0. The molecule has 1 heterocycles. The van der Waals surface area contributed by atoms with Crippen LogP contribution < -0.4 is 0 Å². The molecule has 0 aliphatic carbocycles. The van der Waals surface area contributed by atoms with Crippen LogP contribution in [0.3, 0.4) is 0 Å². The minimum atomic E-state index is -0.507. The molecule has 0 bridgehead atoms. The molecule has 0 saturated carbocycles. The minimum absolute atomic E-state index is 0.0864. The van der Waals surface area contributed by atoms with Crippen molar-refractivity contribution in [3.05, 3.63) is 20.8 Å². The first-order valence-corrected chi connectivity index (χ1v) is 7.13. The summed E-state index contributed by atoms with van der Waals surface area (Å²) in [6, 6.07) is 4.07. The van der Waals surface area contributed by atoms with E-state index in [0.29, 0.717) is 13.0 Å². The zero-order chi connectivity index (χ0) is 12.8. The van der Waals surface area contributed by atoms with E-state index in [0.717, 1.165) is 15.8 Å². The summed E-state index contributed by atoms with van der Waals surface area (Å²) in [5, 5.41) is 11.0. The number of nitrogens with zero attached hydrogens (tertiary/aromatic N) is 2. The number of hydrogen-bond acceptors (Lipinski definition) is 3. The van der Waals surface area contributed by atoms with Gasteiger partial charge in [-0.1, -0.05) is 13.3 Å². The van der Waals surface area contributed by atoms with Crippen molar-refractivity contribution in [1.82, 2.24) is 4.90 Å². The SMILES string of the molecule is CCCC(C#N)C(=O)N(C)Cc1csc(Br)c1. The van der Waals surface area contributed by atoms with E-state index in [1.807, 2.05) is 18.4 Å². The molecule has 1 rings (SSSR count). The van der Waals surface area contributed by atoms with Crippen LogP contribution in [0.2, 0.25) is 0 Å². The van der Waals surface area contributed by atoms with Gasteiger partial charge in [0.2, 0.25) is 5.91 Å². The van der Waals surface area contributed by atoms with Crippen LogP contribution in [0, 0.1) is 17.2 Å². The molecule has 0 aliphatic heterocycles. The molecule has 1 aromatic rings. The number of rotatable bonds is 5. The van der Waals surface area contributed by atoms with E-state index in [4.69, 9.17) is 5.26 Å². The summed E-state index contributed by atoms with van der Waals surface area (Å²) < 4.78 is 1.05. The van der Waals surface area contributed by atoms with Crippen molar-refractivity contribution in [2.75, 3.05) is 7.05 Å². The molecular formula is C12H15BrN2OS. The Balaban J connectivity index is 2.60. The van der Waals surface area contributed by atoms with Crippen molar-refractivity contribution < 1.29 is 4.79 Å².